The second kappa shape index (κ2) is 11.9. The average molecular weight is 609 g/mol. The molecule has 5 aromatic rings. The topological polar surface area (TPSA) is 117 Å². The van der Waals surface area contributed by atoms with Crippen LogP contribution in [0.1, 0.15) is 16.7 Å². The van der Waals surface area contributed by atoms with Crippen molar-refractivity contribution in [1.29, 1.82) is 0 Å². The zero-order chi connectivity index (χ0) is 28.9. The number of carbonyl (C=O) groups is 1. The van der Waals surface area contributed by atoms with Crippen LogP contribution in [0, 0.1) is 17.0 Å². The number of ether oxygens (including phenoxy) is 1. The average Bonchev–Trinajstić information content (AvgIpc) is 2.97. The first-order chi connectivity index (χ1) is 19.8. The third kappa shape index (κ3) is 6.34. The lowest BCUT2D eigenvalue weighted by Crippen LogP contribution is -2.20. The summed E-state index contributed by atoms with van der Waals surface area (Å²) in [5, 5.41) is 15.9. The maximum Gasteiger partial charge on any atom is 0.336 e. The number of hydrogen-bond donors (Lipinski definition) is 0. The molecule has 41 heavy (non-hydrogen) atoms. The Balaban J connectivity index is 1.49. The number of rotatable bonds is 7. The fraction of sp³-hybridized carbons (Fsp3) is 0.0323. The van der Waals surface area contributed by atoms with Gasteiger partial charge in [-0.25, -0.2) is 9.78 Å². The first-order valence-electron chi connectivity index (χ1n) is 12.4. The normalized spacial score (nSPS) is 11.4. The molecule has 0 unspecified atom stereocenters. The number of nitro groups is 1. The Morgan fingerprint density at radius 1 is 1.02 bits per heavy atom. The van der Waals surface area contributed by atoms with Gasteiger partial charge in [0.25, 0.3) is 11.2 Å². The Morgan fingerprint density at radius 2 is 1.80 bits per heavy atom. The first kappa shape index (κ1) is 27.4. The molecule has 1 heterocycles. The number of nitro benzene ring substituents is 1. The highest BCUT2D eigenvalue weighted by molar-refractivity contribution is 9.10. The van der Waals surface area contributed by atoms with E-state index in [1.165, 1.54) is 41.2 Å². The summed E-state index contributed by atoms with van der Waals surface area (Å²) in [7, 11) is 0. The lowest BCUT2D eigenvalue weighted by atomic mass is 10.1. The van der Waals surface area contributed by atoms with E-state index in [-0.39, 0.29) is 17.0 Å². The molecule has 0 saturated heterocycles. The molecule has 0 radical (unpaired) electrons. The van der Waals surface area contributed by atoms with Gasteiger partial charge in [0.2, 0.25) is 0 Å². The number of halogens is 1. The van der Waals surface area contributed by atoms with Gasteiger partial charge in [-0.15, -0.1) is 0 Å². The second-order valence-electron chi connectivity index (χ2n) is 8.97. The quantitative estimate of drug-likeness (QED) is 0.0517. The maximum atomic E-state index is 13.5. The van der Waals surface area contributed by atoms with Crippen LogP contribution in [0.5, 0.6) is 5.75 Å². The molecule has 0 fully saturated rings. The number of para-hydroxylation sites is 1. The fourth-order valence-corrected chi connectivity index (χ4v) is 4.38. The Labute approximate surface area is 242 Å². The van der Waals surface area contributed by atoms with Crippen LogP contribution in [-0.2, 0) is 4.79 Å². The van der Waals surface area contributed by atoms with Crippen molar-refractivity contribution in [2.75, 3.05) is 0 Å². The van der Waals surface area contributed by atoms with Gasteiger partial charge in [-0.3, -0.25) is 14.9 Å². The monoisotopic (exact) mass is 608 g/mol. The van der Waals surface area contributed by atoms with Crippen molar-refractivity contribution in [3.63, 3.8) is 0 Å². The zero-order valence-electron chi connectivity index (χ0n) is 21.6. The van der Waals surface area contributed by atoms with Gasteiger partial charge in [-0.2, -0.15) is 9.78 Å². The maximum absolute atomic E-state index is 13.5. The van der Waals surface area contributed by atoms with E-state index in [2.05, 4.69) is 21.0 Å². The molecule has 0 spiro atoms. The molecule has 202 valence electrons. The molecule has 10 heteroatoms. The Kier molecular flexibility index (Phi) is 7.93. The molecule has 0 bridgehead atoms. The highest BCUT2D eigenvalue weighted by atomic mass is 79.9. The molecular formula is C31H21BrN4O5. The summed E-state index contributed by atoms with van der Waals surface area (Å²) in [4.78, 5) is 41.3. The number of aryl methyl sites for hydroxylation is 1. The Bertz CT molecular complexity index is 1910. The number of esters is 1. The van der Waals surface area contributed by atoms with Crippen LogP contribution in [0.15, 0.2) is 111 Å². The predicted octanol–water partition coefficient (Wildman–Crippen LogP) is 6.54. The molecular weight excluding hydrogens is 588 g/mol. The number of nitrogens with zero attached hydrogens (tertiary/aromatic N) is 4. The van der Waals surface area contributed by atoms with Crippen molar-refractivity contribution in [2.45, 2.75) is 6.92 Å². The van der Waals surface area contributed by atoms with Crippen LogP contribution in [0.4, 0.5) is 5.69 Å². The predicted molar refractivity (Wildman–Crippen MR) is 161 cm³/mol. The molecule has 0 aliphatic rings. The molecule has 4 aromatic carbocycles. The SMILES string of the molecule is Cc1ccc(-c2nc3ccccc3c(=O)n2N=Cc2cc(Br)ccc2OC(=O)/C=C/c2cccc([N+](=O)[O-])c2)cc1. The van der Waals surface area contributed by atoms with Crippen molar-refractivity contribution in [3.05, 3.63) is 139 Å². The van der Waals surface area contributed by atoms with Crippen LogP contribution in [0.2, 0.25) is 0 Å². The fourth-order valence-electron chi connectivity index (χ4n) is 4.00. The minimum absolute atomic E-state index is 0.0876. The molecule has 0 atom stereocenters. The summed E-state index contributed by atoms with van der Waals surface area (Å²) in [5.74, 6) is -0.138. The third-order valence-corrected chi connectivity index (χ3v) is 6.54. The van der Waals surface area contributed by atoms with Crippen LogP contribution < -0.4 is 10.3 Å². The van der Waals surface area contributed by atoms with E-state index in [9.17, 15) is 19.7 Å². The minimum atomic E-state index is -0.696. The largest absolute Gasteiger partial charge is 0.423 e. The smallest absolute Gasteiger partial charge is 0.336 e. The minimum Gasteiger partial charge on any atom is -0.423 e. The summed E-state index contributed by atoms with van der Waals surface area (Å²) in [6.45, 7) is 1.97. The van der Waals surface area contributed by atoms with Gasteiger partial charge in [0.05, 0.1) is 22.0 Å². The van der Waals surface area contributed by atoms with E-state index < -0.39 is 10.9 Å². The summed E-state index contributed by atoms with van der Waals surface area (Å²) in [6, 6.07) is 25.5. The summed E-state index contributed by atoms with van der Waals surface area (Å²) >= 11 is 3.42. The number of carbonyl (C=O) groups excluding carboxylic acids is 1. The van der Waals surface area contributed by atoms with E-state index >= 15 is 0 Å². The van der Waals surface area contributed by atoms with E-state index in [0.717, 1.165) is 5.56 Å². The number of non-ortho nitro benzene ring substituents is 1. The molecule has 5 rings (SSSR count). The molecule has 0 N–H and O–H groups in total. The van der Waals surface area contributed by atoms with Gasteiger partial charge in [-0.05, 0) is 48.9 Å². The van der Waals surface area contributed by atoms with Gasteiger partial charge < -0.3 is 4.74 Å². The van der Waals surface area contributed by atoms with E-state index in [1.54, 1.807) is 42.5 Å². The van der Waals surface area contributed by atoms with Crippen molar-refractivity contribution < 1.29 is 14.5 Å². The van der Waals surface area contributed by atoms with Crippen LogP contribution in [0.25, 0.3) is 28.4 Å². The van der Waals surface area contributed by atoms with Crippen molar-refractivity contribution in [1.82, 2.24) is 9.66 Å². The van der Waals surface area contributed by atoms with Gasteiger partial charge >= 0.3 is 5.97 Å². The standard InChI is InChI=1S/C31H21BrN4O5/c1-20-9-12-22(13-10-20)30-34-27-8-3-2-7-26(27)31(38)35(30)33-19-23-18-24(32)14-15-28(23)41-29(37)16-11-21-5-4-6-25(17-21)36(39)40/h2-19H,1H3/b16-11+,33-19?. The van der Waals surface area contributed by atoms with E-state index in [1.807, 2.05) is 37.3 Å². The Hall–Kier alpha value is -5.22. The Morgan fingerprint density at radius 3 is 2.59 bits per heavy atom. The zero-order valence-corrected chi connectivity index (χ0v) is 23.2. The van der Waals surface area contributed by atoms with Gasteiger partial charge in [-0.1, -0.05) is 70.0 Å². The number of fused-ring (bicyclic) bond motifs is 1. The lowest BCUT2D eigenvalue weighted by molar-refractivity contribution is -0.384. The number of hydrogen-bond acceptors (Lipinski definition) is 7. The number of benzene rings is 4. The summed E-state index contributed by atoms with van der Waals surface area (Å²) in [6.07, 6.45) is 4.03. The highest BCUT2D eigenvalue weighted by Gasteiger charge is 2.13. The molecule has 1 aromatic heterocycles. The third-order valence-electron chi connectivity index (χ3n) is 6.05. The number of aromatic nitrogens is 2. The van der Waals surface area contributed by atoms with Crippen LogP contribution >= 0.6 is 15.9 Å². The van der Waals surface area contributed by atoms with Crippen molar-refractivity contribution in [3.8, 4) is 17.1 Å². The van der Waals surface area contributed by atoms with Crippen molar-refractivity contribution >= 4 is 50.8 Å². The molecule has 0 aliphatic heterocycles. The summed E-state index contributed by atoms with van der Waals surface area (Å²) < 4.78 is 7.47. The molecule has 9 nitrogen and oxygen atoms in total. The molecule has 0 saturated carbocycles. The van der Waals surface area contributed by atoms with Gasteiger partial charge in [0, 0.05) is 33.8 Å². The van der Waals surface area contributed by atoms with Crippen LogP contribution in [0.3, 0.4) is 0 Å². The van der Waals surface area contributed by atoms with Gasteiger partial charge in [0.1, 0.15) is 5.75 Å². The molecule has 0 amide bonds. The van der Waals surface area contributed by atoms with E-state index in [4.69, 9.17) is 9.72 Å². The summed E-state index contributed by atoms with van der Waals surface area (Å²) in [5.41, 5.74) is 2.78. The molecule has 0 aliphatic carbocycles. The van der Waals surface area contributed by atoms with Gasteiger partial charge in [0.15, 0.2) is 5.82 Å². The lowest BCUT2D eigenvalue weighted by Gasteiger charge is -2.10. The van der Waals surface area contributed by atoms with Crippen LogP contribution in [-0.4, -0.2) is 26.8 Å². The first-order valence-corrected chi connectivity index (χ1v) is 13.1. The van der Waals surface area contributed by atoms with E-state index in [0.29, 0.717) is 37.9 Å². The second-order valence-corrected chi connectivity index (χ2v) is 9.88. The van der Waals surface area contributed by atoms with Crippen molar-refractivity contribution in [2.24, 2.45) is 5.10 Å². The highest BCUT2D eigenvalue weighted by Crippen LogP contribution is 2.24.